The Hall–Kier alpha value is -1.77. The zero-order valence-corrected chi connectivity index (χ0v) is 12.9. The van der Waals surface area contributed by atoms with E-state index in [1.165, 1.54) is 0 Å². The summed E-state index contributed by atoms with van der Waals surface area (Å²) in [4.78, 5) is 12.4. The van der Waals surface area contributed by atoms with Crippen molar-refractivity contribution in [2.75, 3.05) is 0 Å². The van der Waals surface area contributed by atoms with Gasteiger partial charge in [-0.3, -0.25) is 14.6 Å². The third-order valence-corrected chi connectivity index (χ3v) is 3.50. The molecular formula is C17H24N2O. The van der Waals surface area contributed by atoms with Gasteiger partial charge in [0.05, 0.1) is 5.69 Å². The normalized spacial score (nSPS) is 11.8. The van der Waals surface area contributed by atoms with Gasteiger partial charge in [0, 0.05) is 17.7 Å². The van der Waals surface area contributed by atoms with Crippen LogP contribution < -0.4 is 5.56 Å². The molecule has 0 amide bonds. The average molecular weight is 272 g/mol. The first kappa shape index (κ1) is 14.6. The molecule has 0 aliphatic carbocycles. The number of rotatable bonds is 4. The molecule has 3 heteroatoms. The minimum atomic E-state index is -0.170. The molecule has 2 aromatic rings. The SMILES string of the molecule is CCCCn1[nH]c(=O)c(C(C)(C)C)c1-c1ccccc1. The second kappa shape index (κ2) is 5.70. The van der Waals surface area contributed by atoms with E-state index in [2.05, 4.69) is 44.9 Å². The molecule has 0 radical (unpaired) electrons. The molecule has 0 aliphatic rings. The van der Waals surface area contributed by atoms with Crippen LogP contribution in [0.3, 0.4) is 0 Å². The second-order valence-corrected chi connectivity index (χ2v) is 6.29. The molecule has 0 bridgehead atoms. The molecule has 1 aromatic carbocycles. The lowest BCUT2D eigenvalue weighted by molar-refractivity contribution is 0.569. The summed E-state index contributed by atoms with van der Waals surface area (Å²) in [5.41, 5.74) is 2.88. The lowest BCUT2D eigenvalue weighted by Gasteiger charge is -2.19. The smallest absolute Gasteiger partial charge is 0.268 e. The molecule has 0 fully saturated rings. The van der Waals surface area contributed by atoms with Crippen LogP contribution in [0.4, 0.5) is 0 Å². The third kappa shape index (κ3) is 2.87. The number of aromatic amines is 1. The Kier molecular flexibility index (Phi) is 4.17. The van der Waals surface area contributed by atoms with E-state index < -0.39 is 0 Å². The molecule has 0 aliphatic heterocycles. The van der Waals surface area contributed by atoms with Crippen molar-refractivity contribution in [3.05, 3.63) is 46.2 Å². The van der Waals surface area contributed by atoms with Crippen molar-refractivity contribution >= 4 is 0 Å². The van der Waals surface area contributed by atoms with Gasteiger partial charge in [0.25, 0.3) is 5.56 Å². The highest BCUT2D eigenvalue weighted by Crippen LogP contribution is 2.30. The van der Waals surface area contributed by atoms with Gasteiger partial charge in [-0.2, -0.15) is 0 Å². The van der Waals surface area contributed by atoms with E-state index >= 15 is 0 Å². The van der Waals surface area contributed by atoms with Crippen LogP contribution in [0.2, 0.25) is 0 Å². The Morgan fingerprint density at radius 1 is 1.15 bits per heavy atom. The maximum absolute atomic E-state index is 12.4. The zero-order valence-electron chi connectivity index (χ0n) is 12.9. The number of benzene rings is 1. The van der Waals surface area contributed by atoms with Crippen LogP contribution in [0.15, 0.2) is 35.1 Å². The molecule has 1 heterocycles. The molecule has 2 rings (SSSR count). The number of H-pyrrole nitrogens is 1. The van der Waals surface area contributed by atoms with Crippen LogP contribution in [-0.4, -0.2) is 9.78 Å². The van der Waals surface area contributed by atoms with Gasteiger partial charge in [-0.05, 0) is 11.8 Å². The van der Waals surface area contributed by atoms with Crippen molar-refractivity contribution < 1.29 is 0 Å². The Labute approximate surface area is 120 Å². The minimum absolute atomic E-state index is 0.0347. The first-order valence-corrected chi connectivity index (χ1v) is 7.34. The highest BCUT2D eigenvalue weighted by Gasteiger charge is 2.26. The van der Waals surface area contributed by atoms with Gasteiger partial charge in [-0.15, -0.1) is 0 Å². The molecule has 1 aromatic heterocycles. The molecule has 3 nitrogen and oxygen atoms in total. The summed E-state index contributed by atoms with van der Waals surface area (Å²) in [6.07, 6.45) is 2.17. The highest BCUT2D eigenvalue weighted by molar-refractivity contribution is 5.64. The fraction of sp³-hybridized carbons (Fsp3) is 0.471. The summed E-state index contributed by atoms with van der Waals surface area (Å²) in [5, 5.41) is 3.01. The first-order valence-electron chi connectivity index (χ1n) is 7.34. The van der Waals surface area contributed by atoms with Crippen molar-refractivity contribution in [1.29, 1.82) is 0 Å². The molecule has 20 heavy (non-hydrogen) atoms. The Balaban J connectivity index is 2.64. The Bertz CT molecular complexity index is 615. The van der Waals surface area contributed by atoms with Gasteiger partial charge >= 0.3 is 0 Å². The quantitative estimate of drug-likeness (QED) is 0.899. The van der Waals surface area contributed by atoms with Gasteiger partial charge in [-0.1, -0.05) is 64.4 Å². The van der Waals surface area contributed by atoms with E-state index in [0.717, 1.165) is 36.2 Å². The molecule has 0 saturated heterocycles. The van der Waals surface area contributed by atoms with E-state index in [4.69, 9.17) is 0 Å². The standard InChI is InChI=1S/C17H24N2O/c1-5-6-12-19-15(13-10-8-7-9-11-13)14(16(20)18-19)17(2,3)4/h7-11H,5-6,12H2,1-4H3,(H,18,20). The van der Waals surface area contributed by atoms with E-state index in [0.29, 0.717) is 0 Å². The Morgan fingerprint density at radius 3 is 2.35 bits per heavy atom. The summed E-state index contributed by atoms with van der Waals surface area (Å²) in [7, 11) is 0. The van der Waals surface area contributed by atoms with Gasteiger partial charge in [0.15, 0.2) is 0 Å². The third-order valence-electron chi connectivity index (χ3n) is 3.50. The number of unbranched alkanes of at least 4 members (excludes halogenated alkanes) is 1. The van der Waals surface area contributed by atoms with Crippen LogP contribution in [0, 0.1) is 0 Å². The van der Waals surface area contributed by atoms with Crippen LogP contribution >= 0.6 is 0 Å². The number of aryl methyl sites for hydroxylation is 1. The van der Waals surface area contributed by atoms with E-state index in [-0.39, 0.29) is 11.0 Å². The van der Waals surface area contributed by atoms with Gasteiger partial charge in [0.2, 0.25) is 0 Å². The predicted octanol–water partition coefficient (Wildman–Crippen LogP) is 3.94. The summed E-state index contributed by atoms with van der Waals surface area (Å²) in [6, 6.07) is 10.2. The molecular weight excluding hydrogens is 248 g/mol. The van der Waals surface area contributed by atoms with Crippen molar-refractivity contribution in [2.24, 2.45) is 0 Å². The fourth-order valence-electron chi connectivity index (χ4n) is 2.55. The maximum Gasteiger partial charge on any atom is 0.268 e. The maximum atomic E-state index is 12.4. The van der Waals surface area contributed by atoms with Crippen molar-refractivity contribution in [3.8, 4) is 11.3 Å². The fourth-order valence-corrected chi connectivity index (χ4v) is 2.55. The largest absolute Gasteiger partial charge is 0.284 e. The second-order valence-electron chi connectivity index (χ2n) is 6.29. The number of aromatic nitrogens is 2. The highest BCUT2D eigenvalue weighted by atomic mass is 16.1. The summed E-state index contributed by atoms with van der Waals surface area (Å²) in [5.74, 6) is 0. The van der Waals surface area contributed by atoms with E-state index in [9.17, 15) is 4.79 Å². The number of hydrogen-bond donors (Lipinski definition) is 1. The molecule has 0 saturated carbocycles. The topological polar surface area (TPSA) is 37.8 Å². The lowest BCUT2D eigenvalue weighted by atomic mass is 9.85. The van der Waals surface area contributed by atoms with Gasteiger partial charge in [-0.25, -0.2) is 0 Å². The molecule has 108 valence electrons. The summed E-state index contributed by atoms with van der Waals surface area (Å²) in [6.45, 7) is 9.29. The monoisotopic (exact) mass is 272 g/mol. The van der Waals surface area contributed by atoms with Crippen molar-refractivity contribution in [2.45, 2.75) is 52.5 Å². The molecule has 1 N–H and O–H groups in total. The van der Waals surface area contributed by atoms with E-state index in [1.807, 2.05) is 22.9 Å². The van der Waals surface area contributed by atoms with E-state index in [1.54, 1.807) is 0 Å². The molecule has 0 unspecified atom stereocenters. The number of nitrogens with zero attached hydrogens (tertiary/aromatic N) is 1. The van der Waals surface area contributed by atoms with Crippen LogP contribution in [0.5, 0.6) is 0 Å². The van der Waals surface area contributed by atoms with Crippen LogP contribution in [0.25, 0.3) is 11.3 Å². The average Bonchev–Trinajstić information content (AvgIpc) is 2.74. The number of hydrogen-bond acceptors (Lipinski definition) is 1. The summed E-state index contributed by atoms with van der Waals surface area (Å²) < 4.78 is 2.02. The molecule has 0 spiro atoms. The first-order chi connectivity index (χ1) is 9.45. The summed E-state index contributed by atoms with van der Waals surface area (Å²) >= 11 is 0. The van der Waals surface area contributed by atoms with Crippen LogP contribution in [-0.2, 0) is 12.0 Å². The van der Waals surface area contributed by atoms with Gasteiger partial charge < -0.3 is 0 Å². The van der Waals surface area contributed by atoms with Crippen LogP contribution in [0.1, 0.15) is 46.1 Å². The minimum Gasteiger partial charge on any atom is -0.284 e. The Morgan fingerprint density at radius 2 is 1.80 bits per heavy atom. The van der Waals surface area contributed by atoms with Crippen molar-refractivity contribution in [3.63, 3.8) is 0 Å². The molecule has 0 atom stereocenters. The van der Waals surface area contributed by atoms with Crippen molar-refractivity contribution in [1.82, 2.24) is 9.78 Å². The number of nitrogens with one attached hydrogen (secondary N) is 1. The predicted molar refractivity (Wildman–Crippen MR) is 84.1 cm³/mol. The zero-order chi connectivity index (χ0) is 14.8. The van der Waals surface area contributed by atoms with Gasteiger partial charge in [0.1, 0.15) is 0 Å². The lowest BCUT2D eigenvalue weighted by Crippen LogP contribution is -2.21.